The largest absolute Gasteiger partial charge is 0.341 e. The number of carbonyl (C=O) groups is 1. The van der Waals surface area contributed by atoms with Gasteiger partial charge in [-0.2, -0.15) is 0 Å². The summed E-state index contributed by atoms with van der Waals surface area (Å²) in [5.74, 6) is 0.666. The first-order valence-corrected chi connectivity index (χ1v) is 6.29. The smallest absolute Gasteiger partial charge is 0.239 e. The van der Waals surface area contributed by atoms with E-state index in [2.05, 4.69) is 36.1 Å². The lowest BCUT2D eigenvalue weighted by Crippen LogP contribution is -2.13. The number of H-pyrrole nitrogens is 1. The fourth-order valence-electron chi connectivity index (χ4n) is 1.64. The Hall–Kier alpha value is -1.55. The number of anilines is 1. The van der Waals surface area contributed by atoms with Gasteiger partial charge in [-0.05, 0) is 18.2 Å². The molecule has 1 aromatic carbocycles. The molecule has 96 valence electrons. The van der Waals surface area contributed by atoms with E-state index in [4.69, 9.17) is 11.6 Å². The number of alkyl halides is 1. The predicted molar refractivity (Wildman–Crippen MR) is 74.1 cm³/mol. The molecule has 18 heavy (non-hydrogen) atoms. The van der Waals surface area contributed by atoms with E-state index in [0.717, 1.165) is 22.5 Å². The molecule has 0 unspecified atom stereocenters. The maximum atomic E-state index is 11.2. The van der Waals surface area contributed by atoms with E-state index in [-0.39, 0.29) is 17.2 Å². The third-order valence-electron chi connectivity index (χ3n) is 2.60. The first kappa shape index (κ1) is 12.9. The second kappa shape index (κ2) is 4.61. The van der Waals surface area contributed by atoms with Crippen LogP contribution in [-0.2, 0) is 10.2 Å². The number of aromatic amines is 1. The molecule has 2 N–H and O–H groups in total. The first-order valence-electron chi connectivity index (χ1n) is 5.76. The summed E-state index contributed by atoms with van der Waals surface area (Å²) in [5.41, 5.74) is 2.49. The molecule has 0 radical (unpaired) electrons. The van der Waals surface area contributed by atoms with Crippen LogP contribution in [0.25, 0.3) is 11.0 Å². The molecule has 5 heteroatoms. The molecule has 0 aliphatic heterocycles. The second-order valence-electron chi connectivity index (χ2n) is 5.25. The monoisotopic (exact) mass is 265 g/mol. The highest BCUT2D eigenvalue weighted by molar-refractivity contribution is 6.29. The summed E-state index contributed by atoms with van der Waals surface area (Å²) in [6, 6.07) is 5.56. The maximum absolute atomic E-state index is 11.2. The van der Waals surface area contributed by atoms with E-state index in [1.54, 1.807) is 0 Å². The molecule has 4 nitrogen and oxygen atoms in total. The number of hydrogen-bond donors (Lipinski definition) is 2. The Kier molecular flexibility index (Phi) is 3.30. The molecule has 1 aromatic heterocycles. The van der Waals surface area contributed by atoms with Crippen LogP contribution in [0.5, 0.6) is 0 Å². The fraction of sp³-hybridized carbons (Fsp3) is 0.385. The van der Waals surface area contributed by atoms with Crippen LogP contribution in [0.2, 0.25) is 0 Å². The average Bonchev–Trinajstić information content (AvgIpc) is 2.71. The predicted octanol–water partition coefficient (Wildman–Crippen LogP) is 3.04. The minimum absolute atomic E-state index is 0.0292. The molecule has 1 heterocycles. The molecule has 0 aliphatic carbocycles. The summed E-state index contributed by atoms with van der Waals surface area (Å²) in [6.45, 7) is 6.29. The number of nitrogens with one attached hydrogen (secondary N) is 2. The zero-order chi connectivity index (χ0) is 13.3. The molecule has 2 rings (SSSR count). The fourth-order valence-corrected chi connectivity index (χ4v) is 1.70. The number of fused-ring (bicyclic) bond motifs is 1. The van der Waals surface area contributed by atoms with Crippen LogP contribution in [0.3, 0.4) is 0 Å². The van der Waals surface area contributed by atoms with Crippen molar-refractivity contribution < 1.29 is 4.79 Å². The van der Waals surface area contributed by atoms with Gasteiger partial charge in [-0.3, -0.25) is 4.79 Å². The highest BCUT2D eigenvalue weighted by Gasteiger charge is 2.18. The number of amides is 1. The molecule has 0 atom stereocenters. The molecule has 0 fully saturated rings. The van der Waals surface area contributed by atoms with Gasteiger partial charge in [-0.1, -0.05) is 20.8 Å². The number of carbonyl (C=O) groups excluding carboxylic acids is 1. The number of imidazole rings is 1. The molecule has 1 amide bonds. The van der Waals surface area contributed by atoms with Gasteiger partial charge in [0, 0.05) is 11.1 Å². The summed E-state index contributed by atoms with van der Waals surface area (Å²) >= 11 is 5.45. The van der Waals surface area contributed by atoms with Crippen molar-refractivity contribution in [3.05, 3.63) is 24.0 Å². The zero-order valence-corrected chi connectivity index (χ0v) is 11.4. The standard InChI is InChI=1S/C13H16ClN3O/c1-13(2,3)12-16-9-5-4-8(6-10(9)17-12)15-11(18)7-14/h4-6H,7H2,1-3H3,(H,15,18)(H,16,17). The Balaban J connectivity index is 2.37. The quantitative estimate of drug-likeness (QED) is 0.820. The third kappa shape index (κ3) is 2.64. The van der Waals surface area contributed by atoms with Crippen molar-refractivity contribution in [2.24, 2.45) is 0 Å². The van der Waals surface area contributed by atoms with Crippen molar-refractivity contribution in [3.8, 4) is 0 Å². The van der Waals surface area contributed by atoms with E-state index in [0.29, 0.717) is 0 Å². The van der Waals surface area contributed by atoms with Gasteiger partial charge in [0.2, 0.25) is 5.91 Å². The van der Waals surface area contributed by atoms with Crippen molar-refractivity contribution in [3.63, 3.8) is 0 Å². The molecule has 0 aliphatic rings. The van der Waals surface area contributed by atoms with E-state index >= 15 is 0 Å². The Morgan fingerprint density at radius 2 is 2.17 bits per heavy atom. The number of rotatable bonds is 2. The van der Waals surface area contributed by atoms with Crippen molar-refractivity contribution in [1.82, 2.24) is 9.97 Å². The normalized spacial score (nSPS) is 11.8. The average molecular weight is 266 g/mol. The maximum Gasteiger partial charge on any atom is 0.239 e. The van der Waals surface area contributed by atoms with Crippen molar-refractivity contribution >= 4 is 34.2 Å². The summed E-state index contributed by atoms with van der Waals surface area (Å²) in [5, 5.41) is 2.71. The molecule has 2 aromatic rings. The van der Waals surface area contributed by atoms with E-state index in [1.165, 1.54) is 0 Å². The highest BCUT2D eigenvalue weighted by atomic mass is 35.5. The number of nitrogens with zero attached hydrogens (tertiary/aromatic N) is 1. The second-order valence-corrected chi connectivity index (χ2v) is 5.52. The summed E-state index contributed by atoms with van der Waals surface area (Å²) in [7, 11) is 0. The van der Waals surface area contributed by atoms with E-state index in [1.807, 2.05) is 18.2 Å². The molecular weight excluding hydrogens is 250 g/mol. The lowest BCUT2D eigenvalue weighted by Gasteiger charge is -2.13. The van der Waals surface area contributed by atoms with Crippen LogP contribution in [0.4, 0.5) is 5.69 Å². The Morgan fingerprint density at radius 1 is 1.44 bits per heavy atom. The van der Waals surface area contributed by atoms with Crippen LogP contribution < -0.4 is 5.32 Å². The van der Waals surface area contributed by atoms with Gasteiger partial charge in [0.05, 0.1) is 11.0 Å². The number of halogens is 1. The van der Waals surface area contributed by atoms with Gasteiger partial charge < -0.3 is 10.3 Å². The lowest BCUT2D eigenvalue weighted by molar-refractivity contribution is -0.113. The molecule has 0 saturated carbocycles. The van der Waals surface area contributed by atoms with Crippen LogP contribution in [-0.4, -0.2) is 21.8 Å². The summed E-state index contributed by atoms with van der Waals surface area (Å²) < 4.78 is 0. The van der Waals surface area contributed by atoms with Crippen LogP contribution in [0, 0.1) is 0 Å². The Labute approximate surface area is 111 Å². The molecular formula is C13H16ClN3O. The Bertz CT molecular complexity index is 583. The number of aromatic nitrogens is 2. The van der Waals surface area contributed by atoms with Gasteiger partial charge >= 0.3 is 0 Å². The first-order chi connectivity index (χ1) is 8.40. The minimum atomic E-state index is -0.216. The molecule has 0 saturated heterocycles. The number of benzene rings is 1. The van der Waals surface area contributed by atoms with Crippen molar-refractivity contribution in [2.75, 3.05) is 11.2 Å². The lowest BCUT2D eigenvalue weighted by atomic mass is 9.96. The van der Waals surface area contributed by atoms with Crippen LogP contribution >= 0.6 is 11.6 Å². The van der Waals surface area contributed by atoms with Gasteiger partial charge in [0.25, 0.3) is 0 Å². The van der Waals surface area contributed by atoms with Gasteiger partial charge in [-0.25, -0.2) is 4.98 Å². The van der Waals surface area contributed by atoms with Crippen LogP contribution in [0.1, 0.15) is 26.6 Å². The van der Waals surface area contributed by atoms with Crippen molar-refractivity contribution in [1.29, 1.82) is 0 Å². The molecule has 0 spiro atoms. The van der Waals surface area contributed by atoms with E-state index < -0.39 is 0 Å². The third-order valence-corrected chi connectivity index (χ3v) is 2.84. The van der Waals surface area contributed by atoms with Gasteiger partial charge in [0.15, 0.2) is 0 Å². The Morgan fingerprint density at radius 3 is 2.78 bits per heavy atom. The van der Waals surface area contributed by atoms with Gasteiger partial charge in [-0.15, -0.1) is 11.6 Å². The SMILES string of the molecule is CC(C)(C)c1nc2ccc(NC(=O)CCl)cc2[nH]1. The van der Waals surface area contributed by atoms with Gasteiger partial charge in [0.1, 0.15) is 11.7 Å². The van der Waals surface area contributed by atoms with E-state index in [9.17, 15) is 4.79 Å². The highest BCUT2D eigenvalue weighted by Crippen LogP contribution is 2.24. The van der Waals surface area contributed by atoms with Crippen LogP contribution in [0.15, 0.2) is 18.2 Å². The summed E-state index contributed by atoms with van der Waals surface area (Å²) in [6.07, 6.45) is 0. The minimum Gasteiger partial charge on any atom is -0.341 e. The van der Waals surface area contributed by atoms with Crippen molar-refractivity contribution in [2.45, 2.75) is 26.2 Å². The topological polar surface area (TPSA) is 57.8 Å². The number of hydrogen-bond acceptors (Lipinski definition) is 2. The summed E-state index contributed by atoms with van der Waals surface area (Å²) in [4.78, 5) is 19.0. The zero-order valence-electron chi connectivity index (χ0n) is 10.7. The molecule has 0 bridgehead atoms.